The molecule has 0 aliphatic heterocycles. The second kappa shape index (κ2) is 6.54. The molecule has 0 bridgehead atoms. The van der Waals surface area contributed by atoms with Crippen molar-refractivity contribution in [1.82, 2.24) is 9.62 Å². The lowest BCUT2D eigenvalue weighted by molar-refractivity contribution is 0.226. The smallest absolute Gasteiger partial charge is 0.215 e. The second-order valence-corrected chi connectivity index (χ2v) is 6.23. The van der Waals surface area contributed by atoms with E-state index >= 15 is 0 Å². The van der Waals surface area contributed by atoms with E-state index in [1.807, 2.05) is 0 Å². The van der Waals surface area contributed by atoms with Crippen molar-refractivity contribution in [2.24, 2.45) is 0 Å². The Morgan fingerprint density at radius 3 is 2.50 bits per heavy atom. The Kier molecular flexibility index (Phi) is 5.68. The number of aliphatic hydroxyl groups is 1. The number of nitrogens with one attached hydrogen (secondary N) is 1. The van der Waals surface area contributed by atoms with Gasteiger partial charge in [-0.15, -0.1) is 0 Å². The Morgan fingerprint density at radius 1 is 1.38 bits per heavy atom. The number of nitrogens with zero attached hydrogens (tertiary/aromatic N) is 1. The zero-order chi connectivity index (χ0) is 12.0. The lowest BCUT2D eigenvalue weighted by Crippen LogP contribution is -2.43. The third kappa shape index (κ3) is 3.69. The van der Waals surface area contributed by atoms with E-state index in [0.29, 0.717) is 6.54 Å². The fraction of sp³-hybridized carbons (Fsp3) is 1.00. The molecule has 0 amide bonds. The maximum atomic E-state index is 12.0. The van der Waals surface area contributed by atoms with Crippen LogP contribution in [-0.2, 0) is 10.0 Å². The fourth-order valence-corrected chi connectivity index (χ4v) is 3.91. The second-order valence-electron chi connectivity index (χ2n) is 4.19. The molecule has 1 rings (SSSR count). The van der Waals surface area contributed by atoms with Crippen molar-refractivity contribution >= 4 is 10.0 Å². The van der Waals surface area contributed by atoms with E-state index in [1.54, 1.807) is 7.05 Å². The average Bonchev–Trinajstić information content (AvgIpc) is 2.76. The summed E-state index contributed by atoms with van der Waals surface area (Å²) in [6.07, 6.45) is 4.04. The molecule has 0 radical (unpaired) electrons. The number of aliphatic hydroxyl groups excluding tert-OH is 1. The van der Waals surface area contributed by atoms with Crippen LogP contribution >= 0.6 is 0 Å². The lowest BCUT2D eigenvalue weighted by Gasteiger charge is -2.27. The van der Waals surface area contributed by atoms with Crippen molar-refractivity contribution in [3.63, 3.8) is 0 Å². The van der Waals surface area contributed by atoms with E-state index in [2.05, 4.69) is 5.32 Å². The molecule has 1 aliphatic rings. The molecule has 0 spiro atoms. The van der Waals surface area contributed by atoms with Gasteiger partial charge in [0.25, 0.3) is 0 Å². The van der Waals surface area contributed by atoms with Gasteiger partial charge in [0, 0.05) is 19.1 Å². The van der Waals surface area contributed by atoms with Crippen molar-refractivity contribution in [1.29, 1.82) is 0 Å². The highest BCUT2D eigenvalue weighted by molar-refractivity contribution is 7.89. The van der Waals surface area contributed by atoms with Crippen LogP contribution in [0.4, 0.5) is 0 Å². The first-order chi connectivity index (χ1) is 7.61. The molecule has 6 heteroatoms. The van der Waals surface area contributed by atoms with Crippen molar-refractivity contribution in [3.8, 4) is 0 Å². The van der Waals surface area contributed by atoms with Gasteiger partial charge in [-0.05, 0) is 19.9 Å². The highest BCUT2D eigenvalue weighted by atomic mass is 32.2. The predicted molar refractivity (Wildman–Crippen MR) is 63.8 cm³/mol. The van der Waals surface area contributed by atoms with E-state index in [0.717, 1.165) is 25.7 Å². The molecular formula is C10H22N2O3S. The molecule has 0 aromatic carbocycles. The summed E-state index contributed by atoms with van der Waals surface area (Å²) in [6.45, 7) is 0.586. The molecule has 0 atom stereocenters. The third-order valence-corrected chi connectivity index (χ3v) is 4.94. The third-order valence-electron chi connectivity index (χ3n) is 3.02. The monoisotopic (exact) mass is 250 g/mol. The number of sulfonamides is 1. The van der Waals surface area contributed by atoms with Gasteiger partial charge in [-0.3, -0.25) is 0 Å². The Morgan fingerprint density at radius 2 is 2.00 bits per heavy atom. The minimum absolute atomic E-state index is 0.102. The van der Waals surface area contributed by atoms with Crippen LogP contribution in [0.1, 0.15) is 25.7 Å². The van der Waals surface area contributed by atoms with Crippen molar-refractivity contribution < 1.29 is 13.5 Å². The first kappa shape index (κ1) is 13.9. The fourth-order valence-electron chi connectivity index (χ4n) is 2.19. The van der Waals surface area contributed by atoms with Crippen molar-refractivity contribution in [3.05, 3.63) is 0 Å². The van der Waals surface area contributed by atoms with Gasteiger partial charge in [0.1, 0.15) is 0 Å². The number of hydrogen-bond acceptors (Lipinski definition) is 4. The average molecular weight is 250 g/mol. The van der Waals surface area contributed by atoms with Gasteiger partial charge in [-0.2, -0.15) is 4.31 Å². The van der Waals surface area contributed by atoms with Crippen molar-refractivity contribution in [2.75, 3.05) is 32.5 Å². The van der Waals surface area contributed by atoms with Crippen LogP contribution in [0.5, 0.6) is 0 Å². The largest absolute Gasteiger partial charge is 0.395 e. The highest BCUT2D eigenvalue weighted by Gasteiger charge is 2.30. The van der Waals surface area contributed by atoms with Crippen LogP contribution < -0.4 is 5.32 Å². The van der Waals surface area contributed by atoms with Crippen LogP contribution in [0.15, 0.2) is 0 Å². The minimum Gasteiger partial charge on any atom is -0.395 e. The SMILES string of the molecule is CNCCS(=O)(=O)N(CCO)C1CCCC1. The maximum Gasteiger partial charge on any atom is 0.215 e. The molecule has 5 nitrogen and oxygen atoms in total. The lowest BCUT2D eigenvalue weighted by atomic mass is 10.2. The van der Waals surface area contributed by atoms with Gasteiger partial charge >= 0.3 is 0 Å². The summed E-state index contributed by atoms with van der Waals surface area (Å²) < 4.78 is 25.6. The van der Waals surface area contributed by atoms with E-state index in [9.17, 15) is 8.42 Å². The summed E-state index contributed by atoms with van der Waals surface area (Å²) in [5.41, 5.74) is 0. The molecule has 0 aromatic rings. The van der Waals surface area contributed by atoms with Gasteiger partial charge in [0.2, 0.25) is 10.0 Å². The van der Waals surface area contributed by atoms with E-state index in [4.69, 9.17) is 5.11 Å². The van der Waals surface area contributed by atoms with Gasteiger partial charge in [-0.1, -0.05) is 12.8 Å². The van der Waals surface area contributed by atoms with Crippen LogP contribution in [-0.4, -0.2) is 56.4 Å². The maximum absolute atomic E-state index is 12.0. The van der Waals surface area contributed by atoms with Crippen molar-refractivity contribution in [2.45, 2.75) is 31.7 Å². The van der Waals surface area contributed by atoms with E-state index in [-0.39, 0.29) is 24.9 Å². The first-order valence-corrected chi connectivity index (χ1v) is 7.47. The molecule has 2 N–H and O–H groups in total. The summed E-state index contributed by atoms with van der Waals surface area (Å²) in [4.78, 5) is 0. The molecule has 0 saturated heterocycles. The zero-order valence-corrected chi connectivity index (χ0v) is 10.7. The van der Waals surface area contributed by atoms with Gasteiger partial charge in [0.15, 0.2) is 0 Å². The minimum atomic E-state index is -3.22. The number of rotatable bonds is 7. The summed E-state index contributed by atoms with van der Waals surface area (Å²) in [6, 6.07) is 0.106. The Hall–Kier alpha value is -0.170. The van der Waals surface area contributed by atoms with Crippen LogP contribution in [0, 0.1) is 0 Å². The van der Waals surface area contributed by atoms with E-state index < -0.39 is 10.0 Å². The first-order valence-electron chi connectivity index (χ1n) is 5.87. The summed E-state index contributed by atoms with van der Waals surface area (Å²) in [5.74, 6) is 0.111. The summed E-state index contributed by atoms with van der Waals surface area (Å²) in [5, 5.41) is 11.8. The molecule has 96 valence electrons. The quantitative estimate of drug-likeness (QED) is 0.655. The summed E-state index contributed by atoms with van der Waals surface area (Å²) >= 11 is 0. The predicted octanol–water partition coefficient (Wildman–Crippen LogP) is -0.227. The molecular weight excluding hydrogens is 228 g/mol. The Bertz CT molecular complexity index is 286. The van der Waals surface area contributed by atoms with Gasteiger partial charge in [0.05, 0.1) is 12.4 Å². The topological polar surface area (TPSA) is 69.6 Å². The standard InChI is InChI=1S/C10H22N2O3S/c1-11-6-9-16(14,15)12(7-8-13)10-4-2-3-5-10/h10-11,13H,2-9H2,1H3. The van der Waals surface area contributed by atoms with Crippen LogP contribution in [0.2, 0.25) is 0 Å². The Labute approximate surface area is 97.9 Å². The molecule has 16 heavy (non-hydrogen) atoms. The highest BCUT2D eigenvalue weighted by Crippen LogP contribution is 2.25. The molecule has 0 heterocycles. The molecule has 1 aliphatic carbocycles. The van der Waals surface area contributed by atoms with Crippen LogP contribution in [0.25, 0.3) is 0 Å². The van der Waals surface area contributed by atoms with Crippen LogP contribution in [0.3, 0.4) is 0 Å². The molecule has 0 aromatic heterocycles. The number of hydrogen-bond donors (Lipinski definition) is 2. The van der Waals surface area contributed by atoms with E-state index in [1.165, 1.54) is 4.31 Å². The molecule has 1 saturated carbocycles. The summed E-state index contributed by atoms with van der Waals surface area (Å²) in [7, 11) is -1.48. The Balaban J connectivity index is 2.67. The molecule has 0 unspecified atom stereocenters. The molecule has 1 fully saturated rings. The normalized spacial score (nSPS) is 18.4. The van der Waals surface area contributed by atoms with Gasteiger partial charge in [-0.25, -0.2) is 8.42 Å². The zero-order valence-electron chi connectivity index (χ0n) is 9.85. The van der Waals surface area contributed by atoms with Gasteiger partial charge < -0.3 is 10.4 Å².